The smallest absolute Gasteiger partial charge is 0.238 e. The van der Waals surface area contributed by atoms with Gasteiger partial charge in [0.2, 0.25) is 5.91 Å². The molecule has 0 fully saturated rings. The van der Waals surface area contributed by atoms with Crippen molar-refractivity contribution >= 4 is 15.7 Å². The maximum absolute atomic E-state index is 11.8. The minimum atomic E-state index is -3.42. The number of hydrogen-bond acceptors (Lipinski definition) is 3. The van der Waals surface area contributed by atoms with Crippen LogP contribution in [0.25, 0.3) is 0 Å². The summed E-state index contributed by atoms with van der Waals surface area (Å²) in [6.45, 7) is 3.50. The summed E-state index contributed by atoms with van der Waals surface area (Å²) in [5.41, 5.74) is 0.939. The van der Waals surface area contributed by atoms with E-state index in [4.69, 9.17) is 0 Å². The van der Waals surface area contributed by atoms with Crippen LogP contribution in [0.4, 0.5) is 0 Å². The number of nitrogens with one attached hydrogen (secondary N) is 1. The van der Waals surface area contributed by atoms with Crippen LogP contribution in [-0.2, 0) is 21.2 Å². The minimum Gasteiger partial charge on any atom is -0.351 e. The van der Waals surface area contributed by atoms with E-state index in [1.807, 2.05) is 30.3 Å². The molecule has 19 heavy (non-hydrogen) atoms. The molecule has 1 atom stereocenters. The second-order valence-electron chi connectivity index (χ2n) is 4.24. The van der Waals surface area contributed by atoms with Crippen molar-refractivity contribution in [3.8, 4) is 0 Å². The molecular formula is C14H19NO3S. The molecule has 1 unspecified atom stereocenters. The van der Waals surface area contributed by atoms with E-state index in [1.165, 1.54) is 13.0 Å². The molecule has 0 aliphatic carbocycles. The number of hydrogen-bond donors (Lipinski definition) is 1. The van der Waals surface area contributed by atoms with Crippen molar-refractivity contribution in [2.24, 2.45) is 0 Å². The van der Waals surface area contributed by atoms with Gasteiger partial charge in [-0.05, 0) is 19.4 Å². The lowest BCUT2D eigenvalue weighted by atomic mass is 10.2. The van der Waals surface area contributed by atoms with Gasteiger partial charge in [0.05, 0.1) is 5.75 Å². The Morgan fingerprint density at radius 3 is 2.53 bits per heavy atom. The first-order valence-corrected chi connectivity index (χ1v) is 7.83. The zero-order chi connectivity index (χ0) is 14.3. The molecule has 0 aliphatic heterocycles. The van der Waals surface area contributed by atoms with Crippen LogP contribution in [0.2, 0.25) is 0 Å². The van der Waals surface area contributed by atoms with Crippen LogP contribution in [0, 0.1) is 0 Å². The summed E-state index contributed by atoms with van der Waals surface area (Å²) >= 11 is 0. The molecule has 0 aliphatic rings. The highest BCUT2D eigenvalue weighted by Gasteiger charge is 2.26. The highest BCUT2D eigenvalue weighted by atomic mass is 32.2. The molecule has 0 bridgehead atoms. The molecule has 0 aromatic heterocycles. The molecule has 0 radical (unpaired) electrons. The first-order valence-electron chi connectivity index (χ1n) is 6.11. The minimum absolute atomic E-state index is 0.108. The van der Waals surface area contributed by atoms with E-state index >= 15 is 0 Å². The largest absolute Gasteiger partial charge is 0.351 e. The monoisotopic (exact) mass is 281 g/mol. The highest BCUT2D eigenvalue weighted by molar-refractivity contribution is 7.92. The third kappa shape index (κ3) is 4.87. The predicted octanol–water partition coefficient (Wildman–Crippen LogP) is 1.68. The fourth-order valence-electron chi connectivity index (χ4n) is 1.47. The number of carbonyl (C=O) groups is 1. The predicted molar refractivity (Wildman–Crippen MR) is 76.4 cm³/mol. The second-order valence-corrected chi connectivity index (χ2v) is 6.61. The molecule has 1 rings (SSSR count). The Labute approximate surface area is 114 Å². The number of rotatable bonds is 6. The zero-order valence-electron chi connectivity index (χ0n) is 11.2. The van der Waals surface area contributed by atoms with Gasteiger partial charge in [-0.3, -0.25) is 4.79 Å². The molecule has 1 N–H and O–H groups in total. The lowest BCUT2D eigenvalue weighted by Gasteiger charge is -2.12. The molecule has 1 aromatic carbocycles. The van der Waals surface area contributed by atoms with E-state index in [1.54, 1.807) is 13.0 Å². The van der Waals surface area contributed by atoms with E-state index in [-0.39, 0.29) is 5.75 Å². The van der Waals surface area contributed by atoms with Gasteiger partial charge in [0, 0.05) is 6.54 Å². The third-order valence-electron chi connectivity index (χ3n) is 2.78. The van der Waals surface area contributed by atoms with Gasteiger partial charge in [-0.25, -0.2) is 8.42 Å². The maximum Gasteiger partial charge on any atom is 0.238 e. The fraction of sp³-hybridized carbons (Fsp3) is 0.357. The second kappa shape index (κ2) is 7.09. The Bertz CT molecular complexity index is 535. The summed E-state index contributed by atoms with van der Waals surface area (Å²) in [6, 6.07) is 9.37. The topological polar surface area (TPSA) is 63.2 Å². The van der Waals surface area contributed by atoms with Crippen LogP contribution in [0.1, 0.15) is 19.4 Å². The maximum atomic E-state index is 11.8. The molecule has 104 valence electrons. The van der Waals surface area contributed by atoms with Crippen LogP contribution in [0.5, 0.6) is 0 Å². The molecule has 1 aromatic rings. The number of benzene rings is 1. The Morgan fingerprint density at radius 1 is 1.32 bits per heavy atom. The SMILES string of the molecule is C/C=C/CS(=O)(=O)C(C)C(=O)NCc1ccccc1. The molecule has 1 amide bonds. The fourth-order valence-corrected chi connectivity index (χ4v) is 2.63. The molecule has 0 heterocycles. The van der Waals surface area contributed by atoms with Crippen molar-refractivity contribution in [1.29, 1.82) is 0 Å². The number of amides is 1. The van der Waals surface area contributed by atoms with Crippen molar-refractivity contribution < 1.29 is 13.2 Å². The average Bonchev–Trinajstić information content (AvgIpc) is 2.43. The van der Waals surface area contributed by atoms with Crippen molar-refractivity contribution in [2.45, 2.75) is 25.6 Å². The van der Waals surface area contributed by atoms with Crippen LogP contribution >= 0.6 is 0 Å². The van der Waals surface area contributed by atoms with Gasteiger partial charge in [0.1, 0.15) is 5.25 Å². The van der Waals surface area contributed by atoms with Crippen molar-refractivity contribution in [1.82, 2.24) is 5.32 Å². The van der Waals surface area contributed by atoms with Gasteiger partial charge >= 0.3 is 0 Å². The average molecular weight is 281 g/mol. The third-order valence-corrected chi connectivity index (χ3v) is 4.73. The van der Waals surface area contributed by atoms with Crippen LogP contribution < -0.4 is 5.32 Å². The summed E-state index contributed by atoms with van der Waals surface area (Å²) in [4.78, 5) is 11.8. The van der Waals surface area contributed by atoms with Crippen LogP contribution in [0.15, 0.2) is 42.5 Å². The Kier molecular flexibility index (Phi) is 5.76. The Morgan fingerprint density at radius 2 is 1.95 bits per heavy atom. The molecule has 0 saturated carbocycles. The first kappa shape index (κ1) is 15.4. The summed E-state index contributed by atoms with van der Waals surface area (Å²) in [5.74, 6) is -0.572. The van der Waals surface area contributed by atoms with Crippen molar-refractivity contribution in [2.75, 3.05) is 5.75 Å². The Hall–Kier alpha value is -1.62. The molecule has 0 saturated heterocycles. The van der Waals surface area contributed by atoms with E-state index in [0.29, 0.717) is 6.54 Å². The lowest BCUT2D eigenvalue weighted by Crippen LogP contribution is -2.38. The van der Waals surface area contributed by atoms with Crippen LogP contribution in [-0.4, -0.2) is 25.3 Å². The zero-order valence-corrected chi connectivity index (χ0v) is 12.0. The van der Waals surface area contributed by atoms with Crippen molar-refractivity contribution in [3.05, 3.63) is 48.0 Å². The van der Waals surface area contributed by atoms with E-state index in [9.17, 15) is 13.2 Å². The summed E-state index contributed by atoms with van der Waals surface area (Å²) < 4.78 is 23.7. The van der Waals surface area contributed by atoms with Gasteiger partial charge in [-0.1, -0.05) is 42.5 Å². The van der Waals surface area contributed by atoms with Gasteiger partial charge in [0.15, 0.2) is 9.84 Å². The van der Waals surface area contributed by atoms with Gasteiger partial charge in [-0.15, -0.1) is 0 Å². The quantitative estimate of drug-likeness (QED) is 0.807. The highest BCUT2D eigenvalue weighted by Crippen LogP contribution is 2.04. The van der Waals surface area contributed by atoms with E-state index in [2.05, 4.69) is 5.32 Å². The van der Waals surface area contributed by atoms with Crippen molar-refractivity contribution in [3.63, 3.8) is 0 Å². The molecule has 0 spiro atoms. The normalized spacial score (nSPS) is 13.4. The van der Waals surface area contributed by atoms with Crippen LogP contribution in [0.3, 0.4) is 0 Å². The lowest BCUT2D eigenvalue weighted by molar-refractivity contribution is -0.120. The van der Waals surface area contributed by atoms with E-state index in [0.717, 1.165) is 5.56 Å². The van der Waals surface area contributed by atoms with Gasteiger partial charge in [-0.2, -0.15) is 0 Å². The first-order chi connectivity index (χ1) is 8.97. The summed E-state index contributed by atoms with van der Waals surface area (Å²) in [5, 5.41) is 1.60. The summed E-state index contributed by atoms with van der Waals surface area (Å²) in [6.07, 6.45) is 3.20. The number of allylic oxidation sites excluding steroid dienone is 1. The molecule has 4 nitrogen and oxygen atoms in total. The molecular weight excluding hydrogens is 262 g/mol. The molecule has 5 heteroatoms. The summed E-state index contributed by atoms with van der Waals surface area (Å²) in [7, 11) is -3.42. The number of sulfone groups is 1. The van der Waals surface area contributed by atoms with Gasteiger partial charge < -0.3 is 5.32 Å². The number of carbonyl (C=O) groups excluding carboxylic acids is 1. The standard InChI is InChI=1S/C14H19NO3S/c1-3-4-10-19(17,18)12(2)14(16)15-11-13-8-6-5-7-9-13/h3-9,12H,10-11H2,1-2H3,(H,15,16)/b4-3+. The van der Waals surface area contributed by atoms with E-state index < -0.39 is 21.0 Å². The Balaban J connectivity index is 2.58. The van der Waals surface area contributed by atoms with Gasteiger partial charge in [0.25, 0.3) is 0 Å².